The monoisotopic (exact) mass is 237 g/mol. The SMILES string of the molecule is N#Cc1cc(Cl)c(Cl)cc1OC(F)F. The zero-order valence-corrected chi connectivity index (χ0v) is 8.11. The third kappa shape index (κ3) is 2.47. The average Bonchev–Trinajstić information content (AvgIpc) is 2.10. The lowest BCUT2D eigenvalue weighted by molar-refractivity contribution is -0.0500. The van der Waals surface area contributed by atoms with E-state index in [0.717, 1.165) is 6.07 Å². The highest BCUT2D eigenvalue weighted by Crippen LogP contribution is 2.30. The molecule has 0 aliphatic rings. The summed E-state index contributed by atoms with van der Waals surface area (Å²) < 4.78 is 27.8. The van der Waals surface area contributed by atoms with Gasteiger partial charge in [0.25, 0.3) is 0 Å². The van der Waals surface area contributed by atoms with Crippen LogP contribution < -0.4 is 4.74 Å². The van der Waals surface area contributed by atoms with Gasteiger partial charge in [-0.1, -0.05) is 23.2 Å². The summed E-state index contributed by atoms with van der Waals surface area (Å²) in [5.41, 5.74) is -0.0836. The lowest BCUT2D eigenvalue weighted by Gasteiger charge is -2.07. The van der Waals surface area contributed by atoms with Crippen molar-refractivity contribution in [3.05, 3.63) is 27.7 Å². The van der Waals surface area contributed by atoms with Crippen molar-refractivity contribution in [2.75, 3.05) is 0 Å². The molecule has 1 aromatic rings. The maximum Gasteiger partial charge on any atom is 0.387 e. The van der Waals surface area contributed by atoms with E-state index in [9.17, 15) is 8.78 Å². The van der Waals surface area contributed by atoms with E-state index in [1.54, 1.807) is 6.07 Å². The lowest BCUT2D eigenvalue weighted by Crippen LogP contribution is -2.03. The first kappa shape index (κ1) is 11.0. The summed E-state index contributed by atoms with van der Waals surface area (Å²) in [6, 6.07) is 3.91. The lowest BCUT2D eigenvalue weighted by atomic mass is 10.2. The zero-order chi connectivity index (χ0) is 10.7. The van der Waals surface area contributed by atoms with Crippen LogP contribution >= 0.6 is 23.2 Å². The summed E-state index contributed by atoms with van der Waals surface area (Å²) in [6.07, 6.45) is 0. The number of benzene rings is 1. The molecule has 0 bridgehead atoms. The molecule has 0 spiro atoms. The van der Waals surface area contributed by atoms with E-state index < -0.39 is 6.61 Å². The summed E-state index contributed by atoms with van der Waals surface area (Å²) in [6.45, 7) is -3.00. The number of hydrogen-bond donors (Lipinski definition) is 0. The van der Waals surface area contributed by atoms with E-state index >= 15 is 0 Å². The first-order valence-electron chi connectivity index (χ1n) is 3.38. The Balaban J connectivity index is 3.15. The average molecular weight is 238 g/mol. The first-order chi connectivity index (χ1) is 6.54. The normalized spacial score (nSPS) is 10.0. The molecule has 0 unspecified atom stereocenters. The predicted molar refractivity (Wildman–Crippen MR) is 47.8 cm³/mol. The van der Waals surface area contributed by atoms with Crippen molar-refractivity contribution >= 4 is 23.2 Å². The Morgan fingerprint density at radius 3 is 2.36 bits per heavy atom. The Morgan fingerprint density at radius 1 is 1.29 bits per heavy atom. The third-order valence-corrected chi connectivity index (χ3v) is 2.08. The minimum Gasteiger partial charge on any atom is -0.433 e. The van der Waals surface area contributed by atoms with Crippen LogP contribution in [0.5, 0.6) is 5.75 Å². The quantitative estimate of drug-likeness (QED) is 0.790. The van der Waals surface area contributed by atoms with Crippen LogP contribution in [-0.2, 0) is 0 Å². The summed E-state index contributed by atoms with van der Waals surface area (Å²) in [7, 11) is 0. The highest BCUT2D eigenvalue weighted by molar-refractivity contribution is 6.42. The number of alkyl halides is 2. The molecule has 0 aliphatic carbocycles. The molecule has 0 amide bonds. The molecule has 2 nitrogen and oxygen atoms in total. The zero-order valence-electron chi connectivity index (χ0n) is 6.60. The fourth-order valence-electron chi connectivity index (χ4n) is 0.809. The van der Waals surface area contributed by atoms with Crippen LogP contribution in [0.15, 0.2) is 12.1 Å². The number of nitriles is 1. The molecule has 0 saturated heterocycles. The van der Waals surface area contributed by atoms with Crippen LogP contribution in [0.4, 0.5) is 8.78 Å². The van der Waals surface area contributed by atoms with Crippen LogP contribution in [0.2, 0.25) is 10.0 Å². The molecule has 6 heteroatoms. The summed E-state index contributed by atoms with van der Waals surface area (Å²) in [4.78, 5) is 0. The Hall–Kier alpha value is -1.05. The van der Waals surface area contributed by atoms with Crippen LogP contribution in [0.25, 0.3) is 0 Å². The van der Waals surface area contributed by atoms with Crippen LogP contribution in [-0.4, -0.2) is 6.61 Å². The molecule has 1 rings (SSSR count). The summed E-state index contributed by atoms with van der Waals surface area (Å²) >= 11 is 11.1. The van der Waals surface area contributed by atoms with Gasteiger partial charge < -0.3 is 4.74 Å². The number of rotatable bonds is 2. The highest BCUT2D eigenvalue weighted by atomic mass is 35.5. The van der Waals surface area contributed by atoms with Crippen molar-refractivity contribution in [1.82, 2.24) is 0 Å². The second kappa shape index (κ2) is 4.45. The number of hydrogen-bond acceptors (Lipinski definition) is 2. The van der Waals surface area contributed by atoms with E-state index in [1.165, 1.54) is 6.07 Å². The van der Waals surface area contributed by atoms with Gasteiger partial charge in [-0.05, 0) is 6.07 Å². The Labute approximate surface area is 88.6 Å². The molecule has 0 N–H and O–H groups in total. The molecule has 0 aliphatic heterocycles. The molecular formula is C8H3Cl2F2NO. The van der Waals surface area contributed by atoms with Crippen molar-refractivity contribution in [1.29, 1.82) is 5.26 Å². The molecule has 0 atom stereocenters. The van der Waals surface area contributed by atoms with E-state index in [2.05, 4.69) is 4.74 Å². The van der Waals surface area contributed by atoms with Crippen LogP contribution in [0, 0.1) is 11.3 Å². The Bertz CT molecular complexity index is 390. The van der Waals surface area contributed by atoms with Gasteiger partial charge >= 0.3 is 6.61 Å². The Morgan fingerprint density at radius 2 is 1.86 bits per heavy atom. The van der Waals surface area contributed by atoms with Gasteiger partial charge in [-0.3, -0.25) is 0 Å². The summed E-state index contributed by atoms with van der Waals surface area (Å²) in [5.74, 6) is -0.281. The maximum absolute atomic E-state index is 11.9. The van der Waals surface area contributed by atoms with Crippen LogP contribution in [0.3, 0.4) is 0 Å². The van der Waals surface area contributed by atoms with Gasteiger partial charge in [0.15, 0.2) is 0 Å². The fourth-order valence-corrected chi connectivity index (χ4v) is 1.13. The van der Waals surface area contributed by atoms with Gasteiger partial charge in [-0.2, -0.15) is 14.0 Å². The molecule has 0 heterocycles. The van der Waals surface area contributed by atoms with Gasteiger partial charge in [0.05, 0.1) is 15.6 Å². The second-order valence-corrected chi connectivity index (χ2v) is 3.07. The minimum atomic E-state index is -3.00. The van der Waals surface area contributed by atoms with Gasteiger partial charge in [0.1, 0.15) is 11.8 Å². The molecule has 14 heavy (non-hydrogen) atoms. The highest BCUT2D eigenvalue weighted by Gasteiger charge is 2.12. The van der Waals surface area contributed by atoms with Gasteiger partial charge in [-0.25, -0.2) is 0 Å². The van der Waals surface area contributed by atoms with Crippen molar-refractivity contribution in [2.24, 2.45) is 0 Å². The number of nitrogens with zero attached hydrogens (tertiary/aromatic N) is 1. The molecule has 0 aromatic heterocycles. The maximum atomic E-state index is 11.9. The van der Waals surface area contributed by atoms with E-state index in [4.69, 9.17) is 28.5 Å². The number of halogens is 4. The fraction of sp³-hybridized carbons (Fsp3) is 0.125. The van der Waals surface area contributed by atoms with E-state index in [-0.39, 0.29) is 21.4 Å². The minimum absolute atomic E-state index is 0.0568. The molecule has 1 aromatic carbocycles. The molecule has 0 fully saturated rings. The summed E-state index contributed by atoms with van der Waals surface area (Å²) in [5, 5.41) is 8.74. The first-order valence-corrected chi connectivity index (χ1v) is 4.14. The predicted octanol–water partition coefficient (Wildman–Crippen LogP) is 3.47. The van der Waals surface area contributed by atoms with E-state index in [0.29, 0.717) is 0 Å². The number of ether oxygens (including phenoxy) is 1. The third-order valence-electron chi connectivity index (χ3n) is 1.36. The Kier molecular flexibility index (Phi) is 3.50. The van der Waals surface area contributed by atoms with Crippen molar-refractivity contribution < 1.29 is 13.5 Å². The topological polar surface area (TPSA) is 33.0 Å². The van der Waals surface area contributed by atoms with Crippen molar-refractivity contribution in [3.63, 3.8) is 0 Å². The second-order valence-electron chi connectivity index (χ2n) is 2.25. The van der Waals surface area contributed by atoms with E-state index in [1.807, 2.05) is 0 Å². The van der Waals surface area contributed by atoms with Crippen molar-refractivity contribution in [2.45, 2.75) is 6.61 Å². The molecule has 0 saturated carbocycles. The molecule has 74 valence electrons. The van der Waals surface area contributed by atoms with Crippen molar-refractivity contribution in [3.8, 4) is 11.8 Å². The van der Waals surface area contributed by atoms with Gasteiger partial charge in [-0.15, -0.1) is 0 Å². The van der Waals surface area contributed by atoms with Gasteiger partial charge in [0, 0.05) is 6.07 Å². The molecular weight excluding hydrogens is 235 g/mol. The molecule has 0 radical (unpaired) electrons. The van der Waals surface area contributed by atoms with Crippen LogP contribution in [0.1, 0.15) is 5.56 Å². The smallest absolute Gasteiger partial charge is 0.387 e. The largest absolute Gasteiger partial charge is 0.433 e. The standard InChI is InChI=1S/C8H3Cl2F2NO/c9-5-1-4(3-13)7(2-6(5)10)14-8(11)12/h1-2,8H. The van der Waals surface area contributed by atoms with Gasteiger partial charge in [0.2, 0.25) is 0 Å².